The molecule has 0 heterocycles. The van der Waals surface area contributed by atoms with Crippen LogP contribution in [0, 0.1) is 12.7 Å². The Balaban J connectivity index is 2.11. The van der Waals surface area contributed by atoms with Crippen molar-refractivity contribution in [3.63, 3.8) is 0 Å². The quantitative estimate of drug-likeness (QED) is 0.785. The molecule has 2 rings (SSSR count). The zero-order chi connectivity index (χ0) is 15.2. The average molecular weight is 306 g/mol. The number of rotatable bonds is 6. The van der Waals surface area contributed by atoms with Crippen LogP contribution in [0.2, 0.25) is 5.02 Å². The van der Waals surface area contributed by atoms with Crippen molar-refractivity contribution < 1.29 is 4.39 Å². The van der Waals surface area contributed by atoms with Crippen molar-refractivity contribution in [1.29, 1.82) is 0 Å². The summed E-state index contributed by atoms with van der Waals surface area (Å²) in [6, 6.07) is 13.2. The summed E-state index contributed by atoms with van der Waals surface area (Å²) in [5.74, 6) is -0.243. The van der Waals surface area contributed by atoms with Crippen LogP contribution in [0.4, 0.5) is 4.39 Å². The molecule has 1 unspecified atom stereocenters. The molecule has 0 saturated carbocycles. The van der Waals surface area contributed by atoms with E-state index in [1.807, 2.05) is 6.92 Å². The monoisotopic (exact) mass is 305 g/mol. The molecule has 0 saturated heterocycles. The molecule has 1 N–H and O–H groups in total. The Hall–Kier alpha value is -1.38. The molecule has 0 amide bonds. The zero-order valence-corrected chi connectivity index (χ0v) is 13.3. The van der Waals surface area contributed by atoms with E-state index in [9.17, 15) is 4.39 Å². The fourth-order valence-electron chi connectivity index (χ4n) is 2.46. The minimum atomic E-state index is -0.243. The summed E-state index contributed by atoms with van der Waals surface area (Å²) in [6.45, 7) is 4.95. The normalized spacial score (nSPS) is 12.4. The molecule has 3 heteroatoms. The standard InChI is InChI=1S/C18H21ClFN/c1-3-21-18(16-12-15(20)9-10-17(16)19)11-8-14-6-4-13(2)5-7-14/h4-7,9-10,12,18,21H,3,8,11H2,1-2H3. The number of aryl methyl sites for hydroxylation is 2. The van der Waals surface area contributed by atoms with E-state index in [1.165, 1.54) is 23.3 Å². The molecule has 0 spiro atoms. The van der Waals surface area contributed by atoms with Gasteiger partial charge in [0.25, 0.3) is 0 Å². The van der Waals surface area contributed by atoms with Gasteiger partial charge in [-0.3, -0.25) is 0 Å². The number of halogens is 2. The second-order valence-electron chi connectivity index (χ2n) is 5.30. The van der Waals surface area contributed by atoms with Crippen LogP contribution in [0.15, 0.2) is 42.5 Å². The van der Waals surface area contributed by atoms with Gasteiger partial charge in [0, 0.05) is 11.1 Å². The van der Waals surface area contributed by atoms with Crippen LogP contribution in [0.3, 0.4) is 0 Å². The second kappa shape index (κ2) is 7.58. The van der Waals surface area contributed by atoms with Crippen LogP contribution in [0.1, 0.15) is 36.1 Å². The number of benzene rings is 2. The summed E-state index contributed by atoms with van der Waals surface area (Å²) in [4.78, 5) is 0. The Kier molecular flexibility index (Phi) is 5.77. The van der Waals surface area contributed by atoms with Crippen molar-refractivity contribution in [2.75, 3.05) is 6.54 Å². The Labute approximate surface area is 131 Å². The molecule has 1 atom stereocenters. The highest BCUT2D eigenvalue weighted by atomic mass is 35.5. The molecule has 0 radical (unpaired) electrons. The van der Waals surface area contributed by atoms with E-state index in [0.29, 0.717) is 5.02 Å². The highest BCUT2D eigenvalue weighted by Gasteiger charge is 2.14. The maximum atomic E-state index is 13.5. The summed E-state index contributed by atoms with van der Waals surface area (Å²) in [5.41, 5.74) is 3.39. The maximum absolute atomic E-state index is 13.5. The smallest absolute Gasteiger partial charge is 0.123 e. The van der Waals surface area contributed by atoms with Crippen molar-refractivity contribution in [2.24, 2.45) is 0 Å². The lowest BCUT2D eigenvalue weighted by Gasteiger charge is -2.20. The van der Waals surface area contributed by atoms with Gasteiger partial charge in [-0.2, -0.15) is 0 Å². The van der Waals surface area contributed by atoms with Gasteiger partial charge in [0.05, 0.1) is 0 Å². The average Bonchev–Trinajstić information content (AvgIpc) is 2.48. The summed E-state index contributed by atoms with van der Waals surface area (Å²) >= 11 is 6.22. The highest BCUT2D eigenvalue weighted by Crippen LogP contribution is 2.27. The van der Waals surface area contributed by atoms with Crippen molar-refractivity contribution in [1.82, 2.24) is 5.32 Å². The maximum Gasteiger partial charge on any atom is 0.123 e. The van der Waals surface area contributed by atoms with Gasteiger partial charge in [-0.1, -0.05) is 48.4 Å². The molecule has 2 aromatic carbocycles. The van der Waals surface area contributed by atoms with Gasteiger partial charge in [-0.15, -0.1) is 0 Å². The Morgan fingerprint density at radius 3 is 2.52 bits per heavy atom. The second-order valence-corrected chi connectivity index (χ2v) is 5.71. The third-order valence-corrected chi connectivity index (χ3v) is 3.97. The van der Waals surface area contributed by atoms with E-state index in [0.717, 1.165) is 24.9 Å². The first kappa shape index (κ1) is 16.0. The molecule has 0 aliphatic rings. The van der Waals surface area contributed by atoms with Gasteiger partial charge < -0.3 is 5.32 Å². The third kappa shape index (κ3) is 4.55. The minimum absolute atomic E-state index is 0.0690. The summed E-state index contributed by atoms with van der Waals surface area (Å²) in [6.07, 6.45) is 1.82. The van der Waals surface area contributed by atoms with Crippen LogP contribution in [-0.2, 0) is 6.42 Å². The first-order valence-corrected chi connectivity index (χ1v) is 7.72. The topological polar surface area (TPSA) is 12.0 Å². The van der Waals surface area contributed by atoms with Crippen LogP contribution in [0.5, 0.6) is 0 Å². The lowest BCUT2D eigenvalue weighted by atomic mass is 9.98. The van der Waals surface area contributed by atoms with Crippen LogP contribution in [-0.4, -0.2) is 6.54 Å². The Bertz CT molecular complexity index is 580. The van der Waals surface area contributed by atoms with E-state index in [4.69, 9.17) is 11.6 Å². The highest BCUT2D eigenvalue weighted by molar-refractivity contribution is 6.31. The number of hydrogen-bond donors (Lipinski definition) is 1. The van der Waals surface area contributed by atoms with Crippen LogP contribution < -0.4 is 5.32 Å². The fraction of sp³-hybridized carbons (Fsp3) is 0.333. The molecular weight excluding hydrogens is 285 g/mol. The predicted octanol–water partition coefficient (Wildman–Crippen LogP) is 5.07. The predicted molar refractivity (Wildman–Crippen MR) is 87.3 cm³/mol. The lowest BCUT2D eigenvalue weighted by molar-refractivity contribution is 0.511. The van der Waals surface area contributed by atoms with Crippen molar-refractivity contribution in [3.8, 4) is 0 Å². The van der Waals surface area contributed by atoms with E-state index < -0.39 is 0 Å². The SMILES string of the molecule is CCNC(CCc1ccc(C)cc1)c1cc(F)ccc1Cl. The van der Waals surface area contributed by atoms with Gasteiger partial charge in [0.2, 0.25) is 0 Å². The van der Waals surface area contributed by atoms with Crippen molar-refractivity contribution in [2.45, 2.75) is 32.7 Å². The van der Waals surface area contributed by atoms with E-state index >= 15 is 0 Å². The largest absolute Gasteiger partial charge is 0.310 e. The molecule has 0 aliphatic carbocycles. The third-order valence-electron chi connectivity index (χ3n) is 3.63. The molecule has 0 fully saturated rings. The van der Waals surface area contributed by atoms with Crippen LogP contribution >= 0.6 is 11.6 Å². The zero-order valence-electron chi connectivity index (χ0n) is 12.5. The number of hydrogen-bond acceptors (Lipinski definition) is 1. The Morgan fingerprint density at radius 2 is 1.86 bits per heavy atom. The van der Waals surface area contributed by atoms with Gasteiger partial charge in [0.1, 0.15) is 5.82 Å². The molecular formula is C18H21ClFN. The first-order valence-electron chi connectivity index (χ1n) is 7.34. The number of nitrogens with one attached hydrogen (secondary N) is 1. The molecule has 21 heavy (non-hydrogen) atoms. The van der Waals surface area contributed by atoms with Gasteiger partial charge in [0.15, 0.2) is 0 Å². The molecule has 0 aliphatic heterocycles. The lowest BCUT2D eigenvalue weighted by Crippen LogP contribution is -2.22. The molecule has 1 nitrogen and oxygen atoms in total. The van der Waals surface area contributed by atoms with E-state index in [-0.39, 0.29) is 11.9 Å². The van der Waals surface area contributed by atoms with Crippen molar-refractivity contribution in [3.05, 3.63) is 70.0 Å². The van der Waals surface area contributed by atoms with Crippen molar-refractivity contribution >= 4 is 11.6 Å². The molecule has 0 aromatic heterocycles. The first-order chi connectivity index (χ1) is 10.1. The van der Waals surface area contributed by atoms with Gasteiger partial charge >= 0.3 is 0 Å². The van der Waals surface area contributed by atoms with Gasteiger partial charge in [-0.25, -0.2) is 4.39 Å². The Morgan fingerprint density at radius 1 is 1.14 bits per heavy atom. The van der Waals surface area contributed by atoms with Crippen LogP contribution in [0.25, 0.3) is 0 Å². The summed E-state index contributed by atoms with van der Waals surface area (Å²) in [5, 5.41) is 4.01. The minimum Gasteiger partial charge on any atom is -0.310 e. The molecule has 0 bridgehead atoms. The van der Waals surface area contributed by atoms with E-state index in [1.54, 1.807) is 6.07 Å². The van der Waals surface area contributed by atoms with E-state index in [2.05, 4.69) is 36.5 Å². The summed E-state index contributed by atoms with van der Waals surface area (Å²) < 4.78 is 13.5. The summed E-state index contributed by atoms with van der Waals surface area (Å²) in [7, 11) is 0. The fourth-order valence-corrected chi connectivity index (χ4v) is 2.71. The molecule has 2 aromatic rings. The molecule has 112 valence electrons. The van der Waals surface area contributed by atoms with Gasteiger partial charge in [-0.05, 0) is 55.6 Å².